The van der Waals surface area contributed by atoms with Gasteiger partial charge in [0.2, 0.25) is 0 Å². The van der Waals surface area contributed by atoms with Gasteiger partial charge >= 0.3 is 5.97 Å². The number of carbonyl (C=O) groups excluding carboxylic acids is 1. The SMILES string of the molecule is CCOC(=O)Cc1cnc(C2CC2)[nH]1. The highest BCUT2D eigenvalue weighted by atomic mass is 16.5. The molecule has 1 heterocycles. The van der Waals surface area contributed by atoms with Crippen LogP contribution in [0.4, 0.5) is 0 Å². The second kappa shape index (κ2) is 3.82. The number of aromatic nitrogens is 2. The number of H-pyrrole nitrogens is 1. The summed E-state index contributed by atoms with van der Waals surface area (Å²) in [7, 11) is 0. The minimum atomic E-state index is -0.196. The van der Waals surface area contributed by atoms with Crippen LogP contribution >= 0.6 is 0 Å². The normalized spacial score (nSPS) is 15.5. The number of hydrogen-bond donors (Lipinski definition) is 1. The molecule has 1 aromatic rings. The number of nitrogens with one attached hydrogen (secondary N) is 1. The topological polar surface area (TPSA) is 55.0 Å². The largest absolute Gasteiger partial charge is 0.466 e. The Balaban J connectivity index is 1.92. The molecule has 1 N–H and O–H groups in total. The van der Waals surface area contributed by atoms with Crippen LogP contribution in [0.1, 0.15) is 37.2 Å². The molecular formula is C10H14N2O2. The van der Waals surface area contributed by atoms with Gasteiger partial charge in [0, 0.05) is 17.8 Å². The maximum Gasteiger partial charge on any atom is 0.311 e. The first kappa shape index (κ1) is 9.24. The molecule has 0 saturated heterocycles. The summed E-state index contributed by atoms with van der Waals surface area (Å²) in [5.41, 5.74) is 0.852. The van der Waals surface area contributed by atoms with Crippen LogP contribution in [0.3, 0.4) is 0 Å². The van der Waals surface area contributed by atoms with E-state index >= 15 is 0 Å². The summed E-state index contributed by atoms with van der Waals surface area (Å²) in [5.74, 6) is 1.42. The summed E-state index contributed by atoms with van der Waals surface area (Å²) in [4.78, 5) is 18.5. The average molecular weight is 194 g/mol. The fourth-order valence-corrected chi connectivity index (χ4v) is 1.40. The molecule has 0 spiro atoms. The van der Waals surface area contributed by atoms with Gasteiger partial charge in [-0.05, 0) is 19.8 Å². The number of rotatable bonds is 4. The summed E-state index contributed by atoms with van der Waals surface area (Å²) < 4.78 is 4.84. The lowest BCUT2D eigenvalue weighted by atomic mass is 10.3. The van der Waals surface area contributed by atoms with Gasteiger partial charge in [-0.1, -0.05) is 0 Å². The minimum absolute atomic E-state index is 0.196. The Morgan fingerprint density at radius 1 is 1.71 bits per heavy atom. The smallest absolute Gasteiger partial charge is 0.311 e. The highest BCUT2D eigenvalue weighted by Gasteiger charge is 2.26. The Hall–Kier alpha value is -1.32. The molecule has 4 nitrogen and oxygen atoms in total. The lowest BCUT2D eigenvalue weighted by Gasteiger charge is -1.98. The minimum Gasteiger partial charge on any atom is -0.466 e. The molecule has 0 radical (unpaired) electrons. The van der Waals surface area contributed by atoms with Crippen molar-refractivity contribution in [3.8, 4) is 0 Å². The Labute approximate surface area is 82.7 Å². The molecule has 1 aliphatic carbocycles. The lowest BCUT2D eigenvalue weighted by molar-refractivity contribution is -0.142. The molecular weight excluding hydrogens is 180 g/mol. The fraction of sp³-hybridized carbons (Fsp3) is 0.600. The third kappa shape index (κ3) is 2.13. The van der Waals surface area contributed by atoms with E-state index in [2.05, 4.69) is 9.97 Å². The van der Waals surface area contributed by atoms with Gasteiger partial charge in [-0.2, -0.15) is 0 Å². The third-order valence-corrected chi connectivity index (χ3v) is 2.25. The van der Waals surface area contributed by atoms with Crippen molar-refractivity contribution in [3.63, 3.8) is 0 Å². The summed E-state index contributed by atoms with van der Waals surface area (Å²) in [6, 6.07) is 0. The molecule has 14 heavy (non-hydrogen) atoms. The number of carbonyl (C=O) groups is 1. The van der Waals surface area contributed by atoms with Gasteiger partial charge in [-0.25, -0.2) is 4.98 Å². The van der Waals surface area contributed by atoms with Crippen LogP contribution in [0.15, 0.2) is 6.20 Å². The van der Waals surface area contributed by atoms with Crippen LogP contribution in [-0.4, -0.2) is 22.5 Å². The molecule has 76 valence electrons. The summed E-state index contributed by atoms with van der Waals surface area (Å²) in [6.45, 7) is 2.24. The number of ether oxygens (including phenoxy) is 1. The Kier molecular flexibility index (Phi) is 2.52. The van der Waals surface area contributed by atoms with Crippen LogP contribution in [0.25, 0.3) is 0 Å². The zero-order chi connectivity index (χ0) is 9.97. The molecule has 0 aromatic carbocycles. The number of esters is 1. The van der Waals surface area contributed by atoms with Crippen molar-refractivity contribution >= 4 is 5.97 Å². The molecule has 1 aromatic heterocycles. The average Bonchev–Trinajstić information content (AvgIpc) is 2.89. The van der Waals surface area contributed by atoms with Crippen molar-refractivity contribution in [1.29, 1.82) is 0 Å². The number of nitrogens with zero attached hydrogens (tertiary/aromatic N) is 1. The molecule has 0 unspecified atom stereocenters. The lowest BCUT2D eigenvalue weighted by Crippen LogP contribution is -2.07. The Morgan fingerprint density at radius 2 is 2.50 bits per heavy atom. The first-order chi connectivity index (χ1) is 6.79. The third-order valence-electron chi connectivity index (χ3n) is 2.25. The van der Waals surface area contributed by atoms with E-state index in [0.717, 1.165) is 11.5 Å². The van der Waals surface area contributed by atoms with Gasteiger partial charge in [-0.15, -0.1) is 0 Å². The van der Waals surface area contributed by atoms with E-state index in [0.29, 0.717) is 18.9 Å². The van der Waals surface area contributed by atoms with E-state index in [9.17, 15) is 4.79 Å². The molecule has 0 atom stereocenters. The Bertz CT molecular complexity index is 329. The van der Waals surface area contributed by atoms with E-state index in [-0.39, 0.29) is 5.97 Å². The van der Waals surface area contributed by atoms with E-state index in [1.165, 1.54) is 12.8 Å². The van der Waals surface area contributed by atoms with Crippen LogP contribution in [0.2, 0.25) is 0 Å². The first-order valence-electron chi connectivity index (χ1n) is 4.99. The van der Waals surface area contributed by atoms with Crippen molar-refractivity contribution in [2.45, 2.75) is 32.1 Å². The fourth-order valence-electron chi connectivity index (χ4n) is 1.40. The predicted octanol–water partition coefficient (Wildman–Crippen LogP) is 1.39. The summed E-state index contributed by atoms with van der Waals surface area (Å²) in [6.07, 6.45) is 4.46. The van der Waals surface area contributed by atoms with Gasteiger partial charge in [0.15, 0.2) is 0 Å². The molecule has 1 fully saturated rings. The van der Waals surface area contributed by atoms with E-state index in [1.807, 2.05) is 0 Å². The maximum absolute atomic E-state index is 11.1. The van der Waals surface area contributed by atoms with Gasteiger partial charge in [-0.3, -0.25) is 4.79 Å². The molecule has 0 bridgehead atoms. The highest BCUT2D eigenvalue weighted by Crippen LogP contribution is 2.38. The molecule has 0 aliphatic heterocycles. The maximum atomic E-state index is 11.1. The summed E-state index contributed by atoms with van der Waals surface area (Å²) in [5, 5.41) is 0. The number of aromatic amines is 1. The van der Waals surface area contributed by atoms with Crippen molar-refractivity contribution in [1.82, 2.24) is 9.97 Å². The molecule has 1 saturated carbocycles. The quantitative estimate of drug-likeness (QED) is 0.737. The molecule has 4 heteroatoms. The number of hydrogen-bond acceptors (Lipinski definition) is 3. The second-order valence-corrected chi connectivity index (χ2v) is 3.55. The molecule has 1 aliphatic rings. The van der Waals surface area contributed by atoms with Crippen molar-refractivity contribution in [2.75, 3.05) is 6.61 Å². The predicted molar refractivity (Wildman–Crippen MR) is 50.9 cm³/mol. The standard InChI is InChI=1S/C10H14N2O2/c1-2-14-9(13)5-8-6-11-10(12-8)7-3-4-7/h6-7H,2-5H2,1H3,(H,11,12). The molecule has 2 rings (SSSR count). The van der Waals surface area contributed by atoms with Gasteiger partial charge in [0.25, 0.3) is 0 Å². The van der Waals surface area contributed by atoms with Crippen LogP contribution in [0.5, 0.6) is 0 Å². The number of imidazole rings is 1. The summed E-state index contributed by atoms with van der Waals surface area (Å²) >= 11 is 0. The first-order valence-corrected chi connectivity index (χ1v) is 4.99. The van der Waals surface area contributed by atoms with Crippen molar-refractivity contribution in [3.05, 3.63) is 17.7 Å². The van der Waals surface area contributed by atoms with Gasteiger partial charge < -0.3 is 9.72 Å². The van der Waals surface area contributed by atoms with E-state index < -0.39 is 0 Å². The van der Waals surface area contributed by atoms with Crippen molar-refractivity contribution in [2.24, 2.45) is 0 Å². The van der Waals surface area contributed by atoms with Crippen LogP contribution in [0, 0.1) is 0 Å². The van der Waals surface area contributed by atoms with E-state index in [1.54, 1.807) is 13.1 Å². The monoisotopic (exact) mass is 194 g/mol. The van der Waals surface area contributed by atoms with Crippen molar-refractivity contribution < 1.29 is 9.53 Å². The Morgan fingerprint density at radius 3 is 3.14 bits per heavy atom. The highest BCUT2D eigenvalue weighted by molar-refractivity contribution is 5.71. The van der Waals surface area contributed by atoms with E-state index in [4.69, 9.17) is 4.74 Å². The van der Waals surface area contributed by atoms with Crippen LogP contribution in [-0.2, 0) is 16.0 Å². The van der Waals surface area contributed by atoms with Gasteiger partial charge in [0.1, 0.15) is 5.82 Å². The van der Waals surface area contributed by atoms with Crippen LogP contribution < -0.4 is 0 Å². The zero-order valence-corrected chi connectivity index (χ0v) is 8.25. The second-order valence-electron chi connectivity index (χ2n) is 3.55. The van der Waals surface area contributed by atoms with Gasteiger partial charge in [0.05, 0.1) is 13.0 Å². The molecule has 0 amide bonds. The zero-order valence-electron chi connectivity index (χ0n) is 8.25.